The van der Waals surface area contributed by atoms with Gasteiger partial charge in [0.25, 0.3) is 11.6 Å². The van der Waals surface area contributed by atoms with Crippen molar-refractivity contribution in [3.8, 4) is 17.2 Å². The monoisotopic (exact) mass is 493 g/mol. The third-order valence-electron chi connectivity index (χ3n) is 5.75. The quantitative estimate of drug-likeness (QED) is 0.250. The summed E-state index contributed by atoms with van der Waals surface area (Å²) in [7, 11) is 4.51. The molecule has 11 heteroatoms. The van der Waals surface area contributed by atoms with E-state index in [1.54, 1.807) is 23.1 Å². The SMILES string of the molecule is COc1cc(C(=O)N2CC[NH+](CCC(=O)c3cccc([N+](=O)[O-])c3)CC2)cc(OC)c1OC.[Cl-]. The number of amides is 1. The van der Waals surface area contributed by atoms with Crippen molar-refractivity contribution in [1.82, 2.24) is 4.90 Å². The van der Waals surface area contributed by atoms with Gasteiger partial charge in [0.2, 0.25) is 5.75 Å². The number of nitrogens with zero attached hydrogens (tertiary/aromatic N) is 2. The Balaban J connectivity index is 0.00000408. The van der Waals surface area contributed by atoms with E-state index in [-0.39, 0.29) is 36.2 Å². The minimum atomic E-state index is -0.508. The van der Waals surface area contributed by atoms with Gasteiger partial charge in [-0.2, -0.15) is 0 Å². The van der Waals surface area contributed by atoms with Gasteiger partial charge in [0.05, 0.1) is 65.4 Å². The van der Waals surface area contributed by atoms with Crippen LogP contribution in [0.5, 0.6) is 17.2 Å². The highest BCUT2D eigenvalue weighted by molar-refractivity contribution is 5.97. The number of nitro benzene ring substituents is 1. The summed E-state index contributed by atoms with van der Waals surface area (Å²) in [6.07, 6.45) is 0.289. The Morgan fingerprint density at radius 2 is 1.62 bits per heavy atom. The highest BCUT2D eigenvalue weighted by Gasteiger charge is 2.27. The van der Waals surface area contributed by atoms with Crippen LogP contribution in [0.1, 0.15) is 27.1 Å². The maximum Gasteiger partial charge on any atom is 0.270 e. The normalized spacial score (nSPS) is 13.6. The predicted molar refractivity (Wildman–Crippen MR) is 120 cm³/mol. The zero-order valence-electron chi connectivity index (χ0n) is 19.3. The fraction of sp³-hybridized carbons (Fsp3) is 0.391. The van der Waals surface area contributed by atoms with E-state index in [0.29, 0.717) is 61.1 Å². The van der Waals surface area contributed by atoms with Crippen molar-refractivity contribution in [1.29, 1.82) is 0 Å². The summed E-state index contributed by atoms with van der Waals surface area (Å²) in [6, 6.07) is 9.07. The molecule has 184 valence electrons. The lowest BCUT2D eigenvalue weighted by Crippen LogP contribution is -3.14. The van der Waals surface area contributed by atoms with E-state index in [0.717, 1.165) is 0 Å². The van der Waals surface area contributed by atoms with E-state index in [1.165, 1.54) is 44.4 Å². The van der Waals surface area contributed by atoms with Crippen molar-refractivity contribution in [2.45, 2.75) is 6.42 Å². The molecule has 1 fully saturated rings. The van der Waals surface area contributed by atoms with E-state index in [2.05, 4.69) is 0 Å². The van der Waals surface area contributed by atoms with Crippen LogP contribution < -0.4 is 31.5 Å². The van der Waals surface area contributed by atoms with Crippen molar-refractivity contribution < 1.29 is 46.0 Å². The Kier molecular flexibility index (Phi) is 9.64. The first-order valence-electron chi connectivity index (χ1n) is 10.6. The lowest BCUT2D eigenvalue weighted by atomic mass is 10.1. The minimum absolute atomic E-state index is 0. The highest BCUT2D eigenvalue weighted by atomic mass is 35.5. The van der Waals surface area contributed by atoms with Crippen molar-refractivity contribution in [2.24, 2.45) is 0 Å². The fourth-order valence-corrected chi connectivity index (χ4v) is 3.89. The number of ether oxygens (including phenoxy) is 3. The molecule has 0 bridgehead atoms. The number of hydrogen-bond acceptors (Lipinski definition) is 7. The first-order valence-corrected chi connectivity index (χ1v) is 10.6. The first kappa shape index (κ1) is 26.9. The summed E-state index contributed by atoms with van der Waals surface area (Å²) in [5, 5.41) is 10.9. The molecule has 1 aliphatic rings. The molecule has 1 N–H and O–H groups in total. The van der Waals surface area contributed by atoms with Gasteiger partial charge in [-0.25, -0.2) is 0 Å². The Morgan fingerprint density at radius 3 is 2.15 bits per heavy atom. The average molecular weight is 494 g/mol. The molecule has 1 heterocycles. The lowest BCUT2D eigenvalue weighted by Gasteiger charge is -2.32. The summed E-state index contributed by atoms with van der Waals surface area (Å²) in [6.45, 7) is 3.12. The van der Waals surface area contributed by atoms with Crippen LogP contribution >= 0.6 is 0 Å². The number of ketones is 1. The summed E-state index contributed by atoms with van der Waals surface area (Å²) >= 11 is 0. The maximum absolute atomic E-state index is 13.0. The molecule has 3 rings (SSSR count). The van der Waals surface area contributed by atoms with E-state index >= 15 is 0 Å². The number of quaternary nitrogens is 1. The number of non-ortho nitro benzene ring substituents is 1. The number of benzene rings is 2. The van der Waals surface area contributed by atoms with Crippen LogP contribution in [0.25, 0.3) is 0 Å². The summed E-state index contributed by atoms with van der Waals surface area (Å²) in [4.78, 5) is 38.9. The molecule has 0 saturated carbocycles. The van der Waals surface area contributed by atoms with E-state index in [9.17, 15) is 19.7 Å². The average Bonchev–Trinajstić information content (AvgIpc) is 2.86. The van der Waals surface area contributed by atoms with Crippen molar-refractivity contribution >= 4 is 17.4 Å². The number of halogens is 1. The van der Waals surface area contributed by atoms with Crippen LogP contribution in [-0.2, 0) is 0 Å². The zero-order chi connectivity index (χ0) is 24.0. The number of hydrogen-bond donors (Lipinski definition) is 1. The molecule has 0 aliphatic carbocycles. The number of nitrogens with one attached hydrogen (secondary N) is 1. The van der Waals surface area contributed by atoms with Crippen molar-refractivity contribution in [2.75, 3.05) is 54.1 Å². The second kappa shape index (κ2) is 12.2. The smallest absolute Gasteiger partial charge is 0.270 e. The van der Waals surface area contributed by atoms with Crippen LogP contribution in [-0.4, -0.2) is 75.6 Å². The number of carbonyl (C=O) groups excluding carboxylic acids is 2. The molecule has 2 aromatic rings. The Labute approximate surface area is 203 Å². The van der Waals surface area contributed by atoms with Crippen molar-refractivity contribution in [3.05, 3.63) is 57.6 Å². The third kappa shape index (κ3) is 6.15. The van der Waals surface area contributed by atoms with Gasteiger partial charge >= 0.3 is 0 Å². The van der Waals surface area contributed by atoms with Crippen LogP contribution in [0.2, 0.25) is 0 Å². The van der Waals surface area contributed by atoms with Gasteiger partial charge in [-0.15, -0.1) is 0 Å². The Morgan fingerprint density at radius 1 is 1.00 bits per heavy atom. The Bertz CT molecular complexity index is 1010. The fourth-order valence-electron chi connectivity index (χ4n) is 3.89. The Hall–Kier alpha value is -3.37. The molecule has 0 atom stereocenters. The van der Waals surface area contributed by atoms with E-state index < -0.39 is 4.92 Å². The highest BCUT2D eigenvalue weighted by Crippen LogP contribution is 2.38. The number of carbonyl (C=O) groups is 2. The van der Waals surface area contributed by atoms with E-state index in [4.69, 9.17) is 14.2 Å². The van der Waals surface area contributed by atoms with Gasteiger partial charge in [0.15, 0.2) is 17.3 Å². The van der Waals surface area contributed by atoms with Gasteiger partial charge in [-0.3, -0.25) is 19.7 Å². The van der Waals surface area contributed by atoms with Crippen molar-refractivity contribution in [3.63, 3.8) is 0 Å². The number of methoxy groups -OCH3 is 3. The van der Waals surface area contributed by atoms with Gasteiger partial charge < -0.3 is 36.4 Å². The minimum Gasteiger partial charge on any atom is -1.00 e. The predicted octanol–water partition coefficient (Wildman–Crippen LogP) is -1.76. The molecular weight excluding hydrogens is 466 g/mol. The zero-order valence-corrected chi connectivity index (χ0v) is 20.1. The van der Waals surface area contributed by atoms with Crippen LogP contribution in [0.15, 0.2) is 36.4 Å². The molecular formula is C23H28ClN3O7. The number of rotatable bonds is 9. The number of Topliss-reactive ketones (excluding diaryl/α,β-unsaturated/α-hetero) is 1. The molecule has 34 heavy (non-hydrogen) atoms. The summed E-state index contributed by atoms with van der Waals surface area (Å²) < 4.78 is 16.0. The third-order valence-corrected chi connectivity index (χ3v) is 5.75. The van der Waals surface area contributed by atoms with E-state index in [1.807, 2.05) is 0 Å². The topological polar surface area (TPSA) is 113 Å². The number of piperazine rings is 1. The number of nitro groups is 1. The molecule has 1 aliphatic heterocycles. The summed E-state index contributed by atoms with van der Waals surface area (Å²) in [5.74, 6) is 1.02. The van der Waals surface area contributed by atoms with Gasteiger partial charge in [0.1, 0.15) is 0 Å². The molecule has 0 unspecified atom stereocenters. The largest absolute Gasteiger partial charge is 1.00 e. The molecule has 0 aromatic heterocycles. The molecule has 0 spiro atoms. The van der Waals surface area contributed by atoms with Gasteiger partial charge in [-0.05, 0) is 12.1 Å². The lowest BCUT2D eigenvalue weighted by molar-refractivity contribution is -0.903. The molecule has 10 nitrogen and oxygen atoms in total. The second-order valence-electron chi connectivity index (χ2n) is 7.69. The summed E-state index contributed by atoms with van der Waals surface area (Å²) in [5.41, 5.74) is 0.709. The second-order valence-corrected chi connectivity index (χ2v) is 7.69. The van der Waals surface area contributed by atoms with Crippen LogP contribution in [0.4, 0.5) is 5.69 Å². The van der Waals surface area contributed by atoms with Gasteiger partial charge in [-0.1, -0.05) is 12.1 Å². The van der Waals surface area contributed by atoms with Crippen LogP contribution in [0.3, 0.4) is 0 Å². The maximum atomic E-state index is 13.0. The van der Waals surface area contributed by atoms with Gasteiger partial charge in [0, 0.05) is 23.3 Å². The van der Waals surface area contributed by atoms with Crippen LogP contribution in [0, 0.1) is 10.1 Å². The standard InChI is InChI=1S/C23H27N3O7.ClH/c1-31-20-14-17(15-21(32-2)22(20)33-3)23(28)25-11-9-24(10-12-25)8-7-19(27)16-5-4-6-18(13-16)26(29)30;/h4-6,13-15H,7-12H2,1-3H3;1H. The first-order chi connectivity index (χ1) is 15.9. The molecule has 2 aromatic carbocycles. The molecule has 1 amide bonds. The molecule has 0 radical (unpaired) electrons. The molecule has 1 saturated heterocycles.